The van der Waals surface area contributed by atoms with Crippen LogP contribution in [-0.2, 0) is 32.7 Å². The quantitative estimate of drug-likeness (QED) is 0.453. The Morgan fingerprint density at radius 2 is 1.15 bits per heavy atom. The smallest absolute Gasteiger partial charge is 0.0746 e. The Kier molecular flexibility index (Phi) is 10.2. The minimum Gasteiger partial charge on any atom is -0.358 e. The molecule has 66 valence electrons. The van der Waals surface area contributed by atoms with Crippen LogP contribution >= 0.6 is 0 Å². The molecule has 3 fully saturated rings. The molecule has 8 radical (unpaired) electrons. The van der Waals surface area contributed by atoms with E-state index in [1.807, 2.05) is 20.3 Å². The van der Waals surface area contributed by atoms with Crippen molar-refractivity contribution in [1.82, 2.24) is 0 Å². The zero-order valence-electron chi connectivity index (χ0n) is 9.01. The van der Waals surface area contributed by atoms with E-state index in [0.717, 1.165) is 19.3 Å². The van der Waals surface area contributed by atoms with Gasteiger partial charge >= 0.3 is 0 Å². The van der Waals surface area contributed by atoms with E-state index < -0.39 is 0 Å². The molecular weight excluding hydrogens is 229 g/mol. The fourth-order valence-electron chi connectivity index (χ4n) is 1.95. The number of hydrogen-bond donors (Lipinski definition) is 0. The summed E-state index contributed by atoms with van der Waals surface area (Å²) in [6, 6.07) is 0. The molecule has 0 aromatic rings. The first kappa shape index (κ1) is 19.8. The molecule has 0 aromatic heterocycles. The van der Waals surface area contributed by atoms with Crippen molar-refractivity contribution in [2.75, 3.05) is 0 Å². The first-order valence-corrected chi connectivity index (χ1v) is 3.85. The zero-order valence-corrected chi connectivity index (χ0v) is 11.8. The largest absolute Gasteiger partial charge is 0.358 e. The van der Waals surface area contributed by atoms with Crippen LogP contribution in [0.4, 0.5) is 0 Å². The molecule has 0 aliphatic heterocycles. The van der Waals surface area contributed by atoms with Gasteiger partial charge in [0.25, 0.3) is 0 Å². The van der Waals surface area contributed by atoms with Crippen LogP contribution in [0.5, 0.6) is 0 Å². The molecule has 0 saturated heterocycles. The van der Waals surface area contributed by atoms with E-state index in [0.29, 0.717) is 0 Å². The van der Waals surface area contributed by atoms with Gasteiger partial charge in [0.2, 0.25) is 0 Å². The molecule has 0 N–H and O–H groups in total. The van der Waals surface area contributed by atoms with E-state index in [4.69, 9.17) is 15.7 Å². The van der Waals surface area contributed by atoms with Gasteiger partial charge in [0.15, 0.2) is 0 Å². The van der Waals surface area contributed by atoms with Gasteiger partial charge in [-0.2, -0.15) is 13.8 Å². The summed E-state index contributed by atoms with van der Waals surface area (Å²) in [5, 5.41) is 0.406. The molecule has 0 spiro atoms. The van der Waals surface area contributed by atoms with Gasteiger partial charge in [-0.1, -0.05) is 29.9 Å². The van der Waals surface area contributed by atoms with Crippen molar-refractivity contribution in [1.29, 1.82) is 0 Å². The van der Waals surface area contributed by atoms with Crippen LogP contribution < -0.4 is 0 Å². The van der Waals surface area contributed by atoms with Crippen LogP contribution in [0.2, 0.25) is 10.6 Å². The van der Waals surface area contributed by atoms with Crippen LogP contribution in [-0.4, -0.2) is 24.1 Å². The zero-order chi connectivity index (χ0) is 7.83. The Morgan fingerprint density at radius 3 is 1.15 bits per heavy atom. The van der Waals surface area contributed by atoms with E-state index >= 15 is 0 Å². The average Bonchev–Trinajstić information content (AvgIpc) is 1.61. The third-order valence-corrected chi connectivity index (χ3v) is 2.11. The summed E-state index contributed by atoms with van der Waals surface area (Å²) >= 11 is 0. The molecule has 0 atom stereocenters. The van der Waals surface area contributed by atoms with Gasteiger partial charge in [-0.15, -0.1) is 0 Å². The SMILES string of the molecule is C[CH-]C.[B].[B]C12CC([B])(C1)C2.[CH3-].[Y]. The summed E-state index contributed by atoms with van der Waals surface area (Å²) in [5.41, 5.74) is 0. The molecule has 0 aromatic carbocycles. The summed E-state index contributed by atoms with van der Waals surface area (Å²) in [5.74, 6) is 0. The molecule has 4 heteroatoms. The minimum atomic E-state index is 0. The summed E-state index contributed by atoms with van der Waals surface area (Å²) in [7, 11) is 11.4. The molecule has 0 unspecified atom stereocenters. The maximum atomic E-state index is 5.69. The molecule has 0 heterocycles. The van der Waals surface area contributed by atoms with E-state index in [9.17, 15) is 0 Å². The summed E-state index contributed by atoms with van der Waals surface area (Å²) in [6.07, 6.45) is 5.21. The summed E-state index contributed by atoms with van der Waals surface area (Å²) in [6.45, 7) is 4.00. The predicted molar refractivity (Wildman–Crippen MR) is 58.6 cm³/mol. The van der Waals surface area contributed by atoms with Crippen molar-refractivity contribution in [2.24, 2.45) is 0 Å². The van der Waals surface area contributed by atoms with Gasteiger partial charge in [0, 0.05) is 41.1 Å². The fraction of sp³-hybridized carbons (Fsp3) is 0.778. The van der Waals surface area contributed by atoms with Gasteiger partial charge in [-0.25, -0.2) is 0 Å². The molecule has 2 bridgehead atoms. The second kappa shape index (κ2) is 6.72. The summed E-state index contributed by atoms with van der Waals surface area (Å²) in [4.78, 5) is 0. The van der Waals surface area contributed by atoms with Crippen LogP contribution in [0.3, 0.4) is 0 Å². The van der Waals surface area contributed by atoms with Crippen LogP contribution in [0.25, 0.3) is 0 Å². The number of rotatable bonds is 0. The van der Waals surface area contributed by atoms with E-state index in [-0.39, 0.29) is 59.2 Å². The van der Waals surface area contributed by atoms with Gasteiger partial charge in [-0.3, -0.25) is 0 Å². The molecular formula is C9H16B3Y-2. The van der Waals surface area contributed by atoms with E-state index in [1.54, 1.807) is 0 Å². The molecule has 0 amide bonds. The second-order valence-electron chi connectivity index (χ2n) is 3.83. The Morgan fingerprint density at radius 1 is 1.00 bits per heavy atom. The predicted octanol–water partition coefficient (Wildman–Crippen LogP) is 2.14. The van der Waals surface area contributed by atoms with Crippen molar-refractivity contribution >= 4 is 24.1 Å². The molecule has 0 nitrogen and oxygen atoms in total. The van der Waals surface area contributed by atoms with Gasteiger partial charge in [0.1, 0.15) is 0 Å². The Bertz CT molecular complexity index is 107. The molecule has 3 rings (SSSR count). The second-order valence-corrected chi connectivity index (χ2v) is 3.83. The Balaban J connectivity index is -0.000000153. The fourth-order valence-corrected chi connectivity index (χ4v) is 1.95. The molecule has 3 aliphatic rings. The van der Waals surface area contributed by atoms with Gasteiger partial charge < -0.3 is 13.8 Å². The maximum Gasteiger partial charge on any atom is 0.0746 e. The van der Waals surface area contributed by atoms with Gasteiger partial charge in [-0.05, 0) is 0 Å². The van der Waals surface area contributed by atoms with Crippen molar-refractivity contribution in [2.45, 2.75) is 43.7 Å². The monoisotopic (exact) mass is 246 g/mol. The Labute approximate surface area is 114 Å². The van der Waals surface area contributed by atoms with Crippen LogP contribution in [0.1, 0.15) is 33.1 Å². The van der Waals surface area contributed by atoms with Gasteiger partial charge in [0.05, 0.1) is 15.7 Å². The van der Waals surface area contributed by atoms with Crippen molar-refractivity contribution in [3.63, 3.8) is 0 Å². The normalized spacial score (nSPS) is 36.8. The van der Waals surface area contributed by atoms with E-state index in [2.05, 4.69) is 0 Å². The minimum absolute atomic E-state index is 0. The van der Waals surface area contributed by atoms with Crippen molar-refractivity contribution in [3.05, 3.63) is 13.8 Å². The average molecular weight is 246 g/mol. The maximum absolute atomic E-state index is 5.69. The first-order valence-electron chi connectivity index (χ1n) is 3.85. The third-order valence-electron chi connectivity index (χ3n) is 2.11. The third kappa shape index (κ3) is 4.56. The molecule has 3 aliphatic carbocycles. The van der Waals surface area contributed by atoms with Crippen molar-refractivity contribution < 1.29 is 32.7 Å². The van der Waals surface area contributed by atoms with Crippen LogP contribution in [0.15, 0.2) is 0 Å². The summed E-state index contributed by atoms with van der Waals surface area (Å²) < 4.78 is 0. The first-order chi connectivity index (χ1) is 4.54. The standard InChI is InChI=1S/C5H6B2.C3H7.CH3.B.Y/c6-4-1-5(7,2-4)3-4;1-3-2;;;/h1-3H2;3H,1-2H3;1H3;;/q;2*-1;;. The molecule has 3 saturated carbocycles. The van der Waals surface area contributed by atoms with E-state index in [1.165, 1.54) is 0 Å². The Hall–Kier alpha value is 1.30. The number of hydrogen-bond acceptors (Lipinski definition) is 0. The van der Waals surface area contributed by atoms with Crippen LogP contribution in [0, 0.1) is 13.8 Å². The molecule has 13 heavy (non-hydrogen) atoms. The van der Waals surface area contributed by atoms with Crippen molar-refractivity contribution in [3.8, 4) is 0 Å². The topological polar surface area (TPSA) is 0 Å².